The Balaban J connectivity index is 1.48. The zero-order chi connectivity index (χ0) is 16.8. The monoisotopic (exact) mass is 346 g/mol. The topological polar surface area (TPSA) is 60.5 Å². The van der Waals surface area contributed by atoms with Gasteiger partial charge in [-0.05, 0) is 36.6 Å². The smallest absolute Gasteiger partial charge is 0.253 e. The molecular formula is C18H19ClN2O3. The van der Waals surface area contributed by atoms with Gasteiger partial charge in [0.15, 0.2) is 0 Å². The number of halogens is 1. The SMILES string of the molecule is O=C(NCc1ccc(Cl)cc1)c1ccc(OC[C@@H]2CCCO2)nc1. The van der Waals surface area contributed by atoms with Gasteiger partial charge in [-0.1, -0.05) is 23.7 Å². The molecule has 0 saturated carbocycles. The van der Waals surface area contributed by atoms with E-state index in [1.165, 1.54) is 6.20 Å². The predicted octanol–water partition coefficient (Wildman–Crippen LogP) is 3.22. The second-order valence-corrected chi connectivity index (χ2v) is 6.08. The maximum atomic E-state index is 12.1. The van der Waals surface area contributed by atoms with Crippen LogP contribution in [0.15, 0.2) is 42.6 Å². The Labute approximate surface area is 145 Å². The lowest BCUT2D eigenvalue weighted by molar-refractivity contribution is 0.0663. The second kappa shape index (κ2) is 8.13. The summed E-state index contributed by atoms with van der Waals surface area (Å²) in [5.41, 5.74) is 1.48. The van der Waals surface area contributed by atoms with Crippen molar-refractivity contribution in [3.63, 3.8) is 0 Å². The van der Waals surface area contributed by atoms with Crippen LogP contribution in [0.2, 0.25) is 5.02 Å². The van der Waals surface area contributed by atoms with E-state index >= 15 is 0 Å². The highest BCUT2D eigenvalue weighted by Gasteiger charge is 2.16. The number of pyridine rings is 1. The molecule has 0 bridgehead atoms. The minimum atomic E-state index is -0.178. The van der Waals surface area contributed by atoms with Gasteiger partial charge in [-0.3, -0.25) is 4.79 Å². The normalized spacial score (nSPS) is 16.8. The average molecular weight is 347 g/mol. The van der Waals surface area contributed by atoms with Crippen LogP contribution >= 0.6 is 11.6 Å². The van der Waals surface area contributed by atoms with Crippen LogP contribution in [0.4, 0.5) is 0 Å². The number of amides is 1. The van der Waals surface area contributed by atoms with Gasteiger partial charge in [-0.15, -0.1) is 0 Å². The number of carbonyl (C=O) groups is 1. The van der Waals surface area contributed by atoms with Crippen LogP contribution in [-0.4, -0.2) is 30.2 Å². The van der Waals surface area contributed by atoms with Gasteiger partial charge in [0.25, 0.3) is 5.91 Å². The van der Waals surface area contributed by atoms with Crippen molar-refractivity contribution in [3.05, 3.63) is 58.7 Å². The van der Waals surface area contributed by atoms with Gasteiger partial charge in [0.05, 0.1) is 11.7 Å². The molecular weight excluding hydrogens is 328 g/mol. The largest absolute Gasteiger partial charge is 0.475 e. The van der Waals surface area contributed by atoms with Gasteiger partial charge in [0, 0.05) is 30.4 Å². The minimum Gasteiger partial charge on any atom is -0.475 e. The fourth-order valence-electron chi connectivity index (χ4n) is 2.44. The first-order chi connectivity index (χ1) is 11.7. The quantitative estimate of drug-likeness (QED) is 0.872. The molecule has 1 fully saturated rings. The van der Waals surface area contributed by atoms with Gasteiger partial charge >= 0.3 is 0 Å². The average Bonchev–Trinajstić information content (AvgIpc) is 3.13. The van der Waals surface area contributed by atoms with E-state index in [1.54, 1.807) is 24.3 Å². The number of nitrogens with one attached hydrogen (secondary N) is 1. The molecule has 6 heteroatoms. The summed E-state index contributed by atoms with van der Waals surface area (Å²) in [6, 6.07) is 10.8. The van der Waals surface area contributed by atoms with Crippen molar-refractivity contribution in [2.24, 2.45) is 0 Å². The summed E-state index contributed by atoms with van der Waals surface area (Å²) >= 11 is 5.84. The van der Waals surface area contributed by atoms with Crippen LogP contribution in [0.5, 0.6) is 5.88 Å². The number of hydrogen-bond acceptors (Lipinski definition) is 4. The van der Waals surface area contributed by atoms with Gasteiger partial charge < -0.3 is 14.8 Å². The van der Waals surface area contributed by atoms with Gasteiger partial charge in [0.1, 0.15) is 6.61 Å². The molecule has 1 aromatic carbocycles. The van der Waals surface area contributed by atoms with E-state index in [1.807, 2.05) is 12.1 Å². The van der Waals surface area contributed by atoms with E-state index in [0.717, 1.165) is 25.0 Å². The molecule has 126 valence electrons. The number of rotatable bonds is 6. The lowest BCUT2D eigenvalue weighted by Crippen LogP contribution is -2.23. The number of ether oxygens (including phenoxy) is 2. The van der Waals surface area contributed by atoms with Crippen LogP contribution in [-0.2, 0) is 11.3 Å². The molecule has 1 amide bonds. The first kappa shape index (κ1) is 16.7. The van der Waals surface area contributed by atoms with Crippen LogP contribution in [0, 0.1) is 0 Å². The zero-order valence-electron chi connectivity index (χ0n) is 13.2. The third kappa shape index (κ3) is 4.69. The Kier molecular flexibility index (Phi) is 5.67. The molecule has 0 aliphatic carbocycles. The summed E-state index contributed by atoms with van der Waals surface area (Å²) < 4.78 is 11.1. The summed E-state index contributed by atoms with van der Waals surface area (Å²) in [6.07, 6.45) is 3.76. The van der Waals surface area contributed by atoms with Crippen LogP contribution in [0.1, 0.15) is 28.8 Å². The highest BCUT2D eigenvalue weighted by atomic mass is 35.5. The number of aromatic nitrogens is 1. The van der Waals surface area contributed by atoms with Crippen molar-refractivity contribution < 1.29 is 14.3 Å². The Morgan fingerprint density at radius 1 is 1.29 bits per heavy atom. The Morgan fingerprint density at radius 3 is 2.79 bits per heavy atom. The van der Waals surface area contributed by atoms with Crippen LogP contribution in [0.25, 0.3) is 0 Å². The van der Waals surface area contributed by atoms with E-state index in [0.29, 0.717) is 29.6 Å². The van der Waals surface area contributed by atoms with Crippen molar-refractivity contribution in [1.29, 1.82) is 0 Å². The Bertz CT molecular complexity index is 668. The van der Waals surface area contributed by atoms with E-state index < -0.39 is 0 Å². The fourth-order valence-corrected chi connectivity index (χ4v) is 2.57. The van der Waals surface area contributed by atoms with E-state index in [-0.39, 0.29) is 12.0 Å². The maximum Gasteiger partial charge on any atom is 0.253 e. The lowest BCUT2D eigenvalue weighted by atomic mass is 10.2. The first-order valence-electron chi connectivity index (χ1n) is 7.94. The number of benzene rings is 1. The predicted molar refractivity (Wildman–Crippen MR) is 91.3 cm³/mol. The molecule has 2 heterocycles. The molecule has 0 spiro atoms. The first-order valence-corrected chi connectivity index (χ1v) is 8.31. The zero-order valence-corrected chi connectivity index (χ0v) is 14.0. The number of nitrogens with zero attached hydrogens (tertiary/aromatic N) is 1. The van der Waals surface area contributed by atoms with Crippen molar-refractivity contribution in [2.75, 3.05) is 13.2 Å². The molecule has 1 aliphatic rings. The van der Waals surface area contributed by atoms with Crippen molar-refractivity contribution in [2.45, 2.75) is 25.5 Å². The third-order valence-corrected chi connectivity index (χ3v) is 4.06. The van der Waals surface area contributed by atoms with Crippen molar-refractivity contribution in [1.82, 2.24) is 10.3 Å². The molecule has 0 unspecified atom stereocenters. The molecule has 1 saturated heterocycles. The number of carbonyl (C=O) groups excluding carboxylic acids is 1. The van der Waals surface area contributed by atoms with Gasteiger partial charge in [0.2, 0.25) is 5.88 Å². The van der Waals surface area contributed by atoms with Crippen molar-refractivity contribution in [3.8, 4) is 5.88 Å². The van der Waals surface area contributed by atoms with E-state index in [9.17, 15) is 4.79 Å². The fraction of sp³-hybridized carbons (Fsp3) is 0.333. The minimum absolute atomic E-state index is 0.147. The standard InChI is InChI=1S/C18H19ClN2O3/c19-15-6-3-13(4-7-15)10-21-18(22)14-5-8-17(20-11-14)24-12-16-2-1-9-23-16/h3-8,11,16H,1-2,9-10,12H2,(H,21,22)/t16-/m0/s1. The third-order valence-electron chi connectivity index (χ3n) is 3.81. The van der Waals surface area contributed by atoms with E-state index in [4.69, 9.17) is 21.1 Å². The Morgan fingerprint density at radius 2 is 2.12 bits per heavy atom. The molecule has 24 heavy (non-hydrogen) atoms. The lowest BCUT2D eigenvalue weighted by Gasteiger charge is -2.11. The molecule has 0 radical (unpaired) electrons. The van der Waals surface area contributed by atoms with E-state index in [2.05, 4.69) is 10.3 Å². The molecule has 1 N–H and O–H groups in total. The molecule has 1 aliphatic heterocycles. The molecule has 5 nitrogen and oxygen atoms in total. The van der Waals surface area contributed by atoms with Crippen LogP contribution in [0.3, 0.4) is 0 Å². The highest BCUT2D eigenvalue weighted by Crippen LogP contribution is 2.15. The van der Waals surface area contributed by atoms with Gasteiger partial charge in [-0.2, -0.15) is 0 Å². The highest BCUT2D eigenvalue weighted by molar-refractivity contribution is 6.30. The molecule has 1 atom stereocenters. The maximum absolute atomic E-state index is 12.1. The molecule has 2 aromatic rings. The molecule has 1 aromatic heterocycles. The summed E-state index contributed by atoms with van der Waals surface area (Å²) in [4.78, 5) is 16.3. The molecule has 3 rings (SSSR count). The Hall–Kier alpha value is -2.11. The summed E-state index contributed by atoms with van der Waals surface area (Å²) in [6.45, 7) is 1.73. The number of hydrogen-bond donors (Lipinski definition) is 1. The summed E-state index contributed by atoms with van der Waals surface area (Å²) in [5, 5.41) is 3.52. The summed E-state index contributed by atoms with van der Waals surface area (Å²) in [7, 11) is 0. The van der Waals surface area contributed by atoms with Crippen molar-refractivity contribution >= 4 is 17.5 Å². The van der Waals surface area contributed by atoms with Gasteiger partial charge in [-0.25, -0.2) is 4.98 Å². The second-order valence-electron chi connectivity index (χ2n) is 5.64. The summed E-state index contributed by atoms with van der Waals surface area (Å²) in [5.74, 6) is 0.322. The van der Waals surface area contributed by atoms with Crippen LogP contribution < -0.4 is 10.1 Å².